The van der Waals surface area contributed by atoms with Gasteiger partial charge in [-0.15, -0.1) is 0 Å². The molecule has 1 fully saturated rings. The molecule has 0 aliphatic heterocycles. The molecule has 0 spiro atoms. The number of nitrogens with two attached hydrogens (primary N) is 1. The Morgan fingerprint density at radius 2 is 2.18 bits per heavy atom. The van der Waals surface area contributed by atoms with E-state index in [4.69, 9.17) is 17.3 Å². The molecule has 3 rings (SSSR count). The molecule has 0 amide bonds. The van der Waals surface area contributed by atoms with Crippen molar-refractivity contribution in [3.63, 3.8) is 0 Å². The molecular formula is C12H11ClFN3. The average molecular weight is 252 g/mol. The fourth-order valence-electron chi connectivity index (χ4n) is 1.90. The Balaban J connectivity index is 2.11. The summed E-state index contributed by atoms with van der Waals surface area (Å²) in [5, 5.41) is 0.474. The van der Waals surface area contributed by atoms with Crippen LogP contribution < -0.4 is 5.73 Å². The van der Waals surface area contributed by atoms with Gasteiger partial charge in [-0.3, -0.25) is 0 Å². The van der Waals surface area contributed by atoms with Gasteiger partial charge in [0.2, 0.25) is 0 Å². The van der Waals surface area contributed by atoms with Crippen molar-refractivity contribution in [1.82, 2.24) is 9.55 Å². The summed E-state index contributed by atoms with van der Waals surface area (Å²) in [6.07, 6.45) is 3.89. The van der Waals surface area contributed by atoms with Crippen LogP contribution in [0.2, 0.25) is 5.02 Å². The number of benzene rings is 1. The molecule has 88 valence electrons. The lowest BCUT2D eigenvalue weighted by Crippen LogP contribution is -2.00. The van der Waals surface area contributed by atoms with E-state index in [9.17, 15) is 4.39 Å². The number of aromatic nitrogens is 2. The summed E-state index contributed by atoms with van der Waals surface area (Å²) < 4.78 is 15.6. The first-order valence-corrected chi connectivity index (χ1v) is 5.82. The van der Waals surface area contributed by atoms with Gasteiger partial charge in [0.1, 0.15) is 17.3 Å². The Morgan fingerprint density at radius 3 is 2.88 bits per heavy atom. The molecule has 17 heavy (non-hydrogen) atoms. The van der Waals surface area contributed by atoms with Gasteiger partial charge >= 0.3 is 0 Å². The largest absolute Gasteiger partial charge is 0.383 e. The highest BCUT2D eigenvalue weighted by molar-refractivity contribution is 6.30. The smallest absolute Gasteiger partial charge is 0.132 e. The summed E-state index contributed by atoms with van der Waals surface area (Å²) >= 11 is 5.86. The van der Waals surface area contributed by atoms with E-state index >= 15 is 0 Å². The molecule has 1 heterocycles. The molecule has 5 heteroatoms. The highest BCUT2D eigenvalue weighted by atomic mass is 35.5. The number of halogens is 2. The third kappa shape index (κ3) is 1.78. The van der Waals surface area contributed by atoms with Gasteiger partial charge in [0.05, 0.1) is 6.33 Å². The molecular weight excluding hydrogens is 241 g/mol. The Hall–Kier alpha value is -1.55. The summed E-state index contributed by atoms with van der Waals surface area (Å²) in [6.45, 7) is 0. The standard InChI is InChI=1S/C12H11ClFN3/c13-7-1-4-10(14)9(5-7)11-12(15)17(6-16-11)8-2-3-8/h1,4-6,8H,2-3,15H2. The summed E-state index contributed by atoms with van der Waals surface area (Å²) in [6, 6.07) is 4.81. The van der Waals surface area contributed by atoms with Crippen molar-refractivity contribution >= 4 is 17.4 Å². The lowest BCUT2D eigenvalue weighted by atomic mass is 10.1. The predicted molar refractivity (Wildman–Crippen MR) is 65.3 cm³/mol. The summed E-state index contributed by atoms with van der Waals surface area (Å²) in [4.78, 5) is 4.19. The summed E-state index contributed by atoms with van der Waals surface area (Å²) in [5.41, 5.74) is 6.81. The molecule has 0 atom stereocenters. The van der Waals surface area contributed by atoms with Crippen LogP contribution in [-0.4, -0.2) is 9.55 Å². The highest BCUT2D eigenvalue weighted by Crippen LogP contribution is 2.39. The quantitative estimate of drug-likeness (QED) is 0.890. The van der Waals surface area contributed by atoms with Crippen molar-refractivity contribution in [3.8, 4) is 11.3 Å². The van der Waals surface area contributed by atoms with Crippen LogP contribution in [0, 0.1) is 5.82 Å². The summed E-state index contributed by atoms with van der Waals surface area (Å²) in [7, 11) is 0. The molecule has 0 radical (unpaired) electrons. The van der Waals surface area contributed by atoms with E-state index in [-0.39, 0.29) is 5.82 Å². The van der Waals surface area contributed by atoms with Gasteiger partial charge in [0.15, 0.2) is 0 Å². The normalized spacial score (nSPS) is 15.2. The number of rotatable bonds is 2. The summed E-state index contributed by atoms with van der Waals surface area (Å²) in [5.74, 6) is 0.149. The third-order valence-electron chi connectivity index (χ3n) is 2.96. The van der Waals surface area contributed by atoms with Gasteiger partial charge in [0, 0.05) is 16.6 Å². The minimum atomic E-state index is -0.359. The van der Waals surface area contributed by atoms with Crippen molar-refractivity contribution < 1.29 is 4.39 Å². The van der Waals surface area contributed by atoms with Gasteiger partial charge in [-0.2, -0.15) is 0 Å². The molecule has 2 N–H and O–H groups in total. The van der Waals surface area contributed by atoms with E-state index in [0.29, 0.717) is 28.1 Å². The molecule has 1 aliphatic rings. The zero-order valence-corrected chi connectivity index (χ0v) is 9.78. The second kappa shape index (κ2) is 3.74. The van der Waals surface area contributed by atoms with Crippen LogP contribution in [0.25, 0.3) is 11.3 Å². The maximum absolute atomic E-state index is 13.7. The second-order valence-corrected chi connectivity index (χ2v) is 4.68. The Kier molecular flexibility index (Phi) is 2.33. The highest BCUT2D eigenvalue weighted by Gasteiger charge is 2.27. The van der Waals surface area contributed by atoms with E-state index in [1.54, 1.807) is 12.4 Å². The lowest BCUT2D eigenvalue weighted by Gasteiger charge is -2.04. The molecule has 1 aliphatic carbocycles. The van der Waals surface area contributed by atoms with Crippen LogP contribution in [0.3, 0.4) is 0 Å². The predicted octanol–water partition coefficient (Wildman–Crippen LogP) is 3.26. The SMILES string of the molecule is Nc1c(-c2cc(Cl)ccc2F)ncn1C1CC1. The third-order valence-corrected chi connectivity index (χ3v) is 3.19. The molecule has 2 aromatic rings. The molecule has 0 unspecified atom stereocenters. The van der Waals surface area contributed by atoms with E-state index in [0.717, 1.165) is 12.8 Å². The molecule has 0 bridgehead atoms. The monoisotopic (exact) mass is 251 g/mol. The van der Waals surface area contributed by atoms with E-state index < -0.39 is 0 Å². The van der Waals surface area contributed by atoms with Crippen molar-refractivity contribution in [2.45, 2.75) is 18.9 Å². The van der Waals surface area contributed by atoms with E-state index in [1.807, 2.05) is 4.57 Å². The Morgan fingerprint density at radius 1 is 1.41 bits per heavy atom. The van der Waals surface area contributed by atoms with Crippen molar-refractivity contribution in [2.24, 2.45) is 0 Å². The first-order valence-electron chi connectivity index (χ1n) is 5.44. The minimum Gasteiger partial charge on any atom is -0.383 e. The average Bonchev–Trinajstić information content (AvgIpc) is 3.07. The van der Waals surface area contributed by atoms with Crippen LogP contribution in [0.1, 0.15) is 18.9 Å². The Labute approximate surface area is 103 Å². The van der Waals surface area contributed by atoms with Gasteiger partial charge in [-0.25, -0.2) is 9.37 Å². The number of nitrogen functional groups attached to an aromatic ring is 1. The van der Waals surface area contributed by atoms with E-state index in [1.165, 1.54) is 12.1 Å². The van der Waals surface area contributed by atoms with Crippen molar-refractivity contribution in [2.75, 3.05) is 5.73 Å². The number of nitrogens with zero attached hydrogens (tertiary/aromatic N) is 2. The maximum Gasteiger partial charge on any atom is 0.132 e. The van der Waals surface area contributed by atoms with Crippen LogP contribution in [0.15, 0.2) is 24.5 Å². The molecule has 1 saturated carbocycles. The molecule has 1 aromatic carbocycles. The van der Waals surface area contributed by atoms with E-state index in [2.05, 4.69) is 4.98 Å². The first kappa shape index (κ1) is 10.6. The van der Waals surface area contributed by atoms with Gasteiger partial charge < -0.3 is 10.3 Å². The Bertz CT molecular complexity index is 575. The second-order valence-electron chi connectivity index (χ2n) is 4.24. The minimum absolute atomic E-state index is 0.356. The first-order chi connectivity index (χ1) is 8.16. The number of hydrogen-bond donors (Lipinski definition) is 1. The van der Waals surface area contributed by atoms with Crippen LogP contribution >= 0.6 is 11.6 Å². The van der Waals surface area contributed by atoms with Crippen LogP contribution in [0.4, 0.5) is 10.2 Å². The fraction of sp³-hybridized carbons (Fsp3) is 0.250. The lowest BCUT2D eigenvalue weighted by molar-refractivity contribution is 0.631. The van der Waals surface area contributed by atoms with Crippen molar-refractivity contribution in [3.05, 3.63) is 35.4 Å². The van der Waals surface area contributed by atoms with Crippen LogP contribution in [0.5, 0.6) is 0 Å². The maximum atomic E-state index is 13.7. The number of anilines is 1. The van der Waals surface area contributed by atoms with Gasteiger partial charge in [-0.1, -0.05) is 11.6 Å². The fourth-order valence-corrected chi connectivity index (χ4v) is 2.07. The number of imidazole rings is 1. The zero-order valence-electron chi connectivity index (χ0n) is 9.03. The van der Waals surface area contributed by atoms with Crippen LogP contribution in [-0.2, 0) is 0 Å². The van der Waals surface area contributed by atoms with Crippen molar-refractivity contribution in [1.29, 1.82) is 0 Å². The topological polar surface area (TPSA) is 43.8 Å². The van der Waals surface area contributed by atoms with Gasteiger partial charge in [0.25, 0.3) is 0 Å². The zero-order chi connectivity index (χ0) is 12.0. The van der Waals surface area contributed by atoms with Gasteiger partial charge in [-0.05, 0) is 31.0 Å². The molecule has 3 nitrogen and oxygen atoms in total. The molecule has 0 saturated heterocycles. The molecule has 1 aromatic heterocycles. The number of hydrogen-bond acceptors (Lipinski definition) is 2.